The van der Waals surface area contributed by atoms with Crippen molar-refractivity contribution in [3.05, 3.63) is 28.8 Å². The van der Waals surface area contributed by atoms with Crippen LogP contribution in [0.4, 0.5) is 45.2 Å². The topological polar surface area (TPSA) is 141 Å². The van der Waals surface area contributed by atoms with Crippen molar-refractivity contribution in [3.8, 4) is 0 Å². The highest BCUT2D eigenvalue weighted by atomic mass is 35.5. The van der Waals surface area contributed by atoms with Crippen molar-refractivity contribution in [2.24, 2.45) is 0 Å². The van der Waals surface area contributed by atoms with Crippen LogP contribution < -0.4 is 4.72 Å². The molecule has 0 aliphatic rings. The molecule has 0 aromatic heterocycles. The lowest BCUT2D eigenvalue weighted by molar-refractivity contribution is -0.0586. The lowest BCUT2D eigenvalue weighted by atomic mass is 10.1. The van der Waals surface area contributed by atoms with Gasteiger partial charge in [-0.2, -0.15) is 64.8 Å². The molecular formula is C11H7ClF9NO8S3. The molecule has 0 saturated heterocycles. The minimum absolute atomic E-state index is 0.0895. The first-order chi connectivity index (χ1) is 14.3. The van der Waals surface area contributed by atoms with E-state index in [1.807, 2.05) is 3.63 Å². The Bertz CT molecular complexity index is 1160. The molecule has 33 heavy (non-hydrogen) atoms. The van der Waals surface area contributed by atoms with Crippen molar-refractivity contribution >= 4 is 53.3 Å². The van der Waals surface area contributed by atoms with E-state index in [1.165, 1.54) is 11.6 Å². The third-order valence-electron chi connectivity index (χ3n) is 2.65. The maximum atomic E-state index is 12.1. The van der Waals surface area contributed by atoms with E-state index in [2.05, 4.69) is 0 Å². The maximum Gasteiger partial charge on any atom is 0.524 e. The molecule has 1 aromatic rings. The van der Waals surface area contributed by atoms with Gasteiger partial charge in [0, 0.05) is 5.56 Å². The van der Waals surface area contributed by atoms with Crippen LogP contribution in [-0.4, -0.2) is 47.6 Å². The van der Waals surface area contributed by atoms with Crippen molar-refractivity contribution in [3.63, 3.8) is 0 Å². The molecule has 0 saturated carbocycles. The molecule has 0 heterocycles. The summed E-state index contributed by atoms with van der Waals surface area (Å²) in [6.07, 6.45) is 0. The van der Waals surface area contributed by atoms with Gasteiger partial charge >= 0.3 is 46.8 Å². The quantitative estimate of drug-likeness (QED) is 0.315. The number of carbonyl (C=O) groups is 1. The second-order valence-corrected chi connectivity index (χ2v) is 10.5. The molecule has 1 rings (SSSR count). The number of carbonyl (C=O) groups excluding carboxylic acids is 1. The zero-order chi connectivity index (χ0) is 26.8. The summed E-state index contributed by atoms with van der Waals surface area (Å²) in [6, 6.07) is 3.09. The number of hydrogen-bond donors (Lipinski definition) is 1. The van der Waals surface area contributed by atoms with Crippen LogP contribution in [0.2, 0.25) is 5.02 Å². The van der Waals surface area contributed by atoms with Crippen LogP contribution in [0.3, 0.4) is 0 Å². The van der Waals surface area contributed by atoms with Gasteiger partial charge in [0.1, 0.15) is 0 Å². The van der Waals surface area contributed by atoms with Gasteiger partial charge in [0.25, 0.3) is 0 Å². The molecule has 0 bridgehead atoms. The Morgan fingerprint density at radius 3 is 1.48 bits per heavy atom. The number of anilines is 1. The Kier molecular flexibility index (Phi) is 9.25. The predicted molar refractivity (Wildman–Crippen MR) is 91.1 cm³/mol. The summed E-state index contributed by atoms with van der Waals surface area (Å²) in [4.78, 5) is 11.0. The Labute approximate surface area is 183 Å². The van der Waals surface area contributed by atoms with Crippen LogP contribution in [0.25, 0.3) is 0 Å². The normalized spacial score (nSPS) is 13.7. The van der Waals surface area contributed by atoms with E-state index in [-0.39, 0.29) is 22.1 Å². The molecule has 0 aliphatic heterocycles. The molecule has 0 aliphatic carbocycles. The van der Waals surface area contributed by atoms with Crippen LogP contribution in [-0.2, 0) is 33.9 Å². The van der Waals surface area contributed by atoms with Gasteiger partial charge in [0.2, 0.25) is 0 Å². The SMILES string of the molecule is CC(=O)c1ccc(NS(=O)(=O)C(F)(F)F)cc1Cl.O=S(=O)(OS(=O)(=O)C(F)(F)F)C(F)(F)F. The molecule has 0 atom stereocenters. The van der Waals surface area contributed by atoms with Gasteiger partial charge in [-0.05, 0) is 25.1 Å². The van der Waals surface area contributed by atoms with Gasteiger partial charge in [-0.15, -0.1) is 3.63 Å². The van der Waals surface area contributed by atoms with Crippen LogP contribution >= 0.6 is 11.6 Å². The third kappa shape index (κ3) is 8.46. The fourth-order valence-corrected chi connectivity index (χ4v) is 3.70. The van der Waals surface area contributed by atoms with E-state index in [1.54, 1.807) is 0 Å². The molecule has 0 radical (unpaired) electrons. The first-order valence-electron chi connectivity index (χ1n) is 6.98. The molecule has 1 N–H and O–H groups in total. The molecule has 0 unspecified atom stereocenters. The van der Waals surface area contributed by atoms with E-state index in [9.17, 15) is 69.6 Å². The van der Waals surface area contributed by atoms with Gasteiger partial charge in [-0.25, -0.2) is 0 Å². The van der Waals surface area contributed by atoms with Crippen LogP contribution in [0.5, 0.6) is 0 Å². The minimum atomic E-state index is -6.85. The first kappa shape index (κ1) is 31.2. The second-order valence-electron chi connectivity index (χ2n) is 5.17. The molecule has 1 aromatic carbocycles. The van der Waals surface area contributed by atoms with Crippen LogP contribution in [0.1, 0.15) is 17.3 Å². The number of sulfonamides is 1. The monoisotopic (exact) mass is 583 g/mol. The summed E-state index contributed by atoms with van der Waals surface area (Å²) in [5.41, 5.74) is -18.2. The summed E-state index contributed by atoms with van der Waals surface area (Å²) in [5, 5.41) is -0.134. The average molecular weight is 584 g/mol. The second kappa shape index (κ2) is 9.80. The summed E-state index contributed by atoms with van der Waals surface area (Å²) < 4.78 is 169. The number of ketones is 1. The Hall–Kier alpha value is -1.84. The largest absolute Gasteiger partial charge is 0.524 e. The average Bonchev–Trinajstić information content (AvgIpc) is 2.50. The summed E-state index contributed by atoms with van der Waals surface area (Å²) in [5.74, 6) is -0.384. The Morgan fingerprint density at radius 1 is 0.818 bits per heavy atom. The molecular weight excluding hydrogens is 577 g/mol. The number of halogens is 10. The third-order valence-corrected chi connectivity index (χ3v) is 6.65. The van der Waals surface area contributed by atoms with E-state index in [0.717, 1.165) is 18.2 Å². The lowest BCUT2D eigenvalue weighted by Gasteiger charge is -2.11. The summed E-state index contributed by atoms with van der Waals surface area (Å²) >= 11 is 5.63. The molecule has 9 nitrogen and oxygen atoms in total. The van der Waals surface area contributed by atoms with Gasteiger partial charge in [0.15, 0.2) is 5.78 Å². The van der Waals surface area contributed by atoms with Crippen molar-refractivity contribution in [1.82, 2.24) is 0 Å². The Morgan fingerprint density at radius 2 is 1.21 bits per heavy atom. The Balaban J connectivity index is 0.000000633. The van der Waals surface area contributed by atoms with Gasteiger partial charge in [0.05, 0.1) is 10.7 Å². The minimum Gasteiger partial charge on any atom is -0.294 e. The van der Waals surface area contributed by atoms with Gasteiger partial charge < -0.3 is 0 Å². The number of nitrogens with one attached hydrogen (secondary N) is 1. The molecule has 0 fully saturated rings. The number of alkyl halides is 9. The summed E-state index contributed by atoms with van der Waals surface area (Å²) in [7, 11) is -19.2. The van der Waals surface area contributed by atoms with Crippen LogP contribution in [0, 0.1) is 0 Å². The highest BCUT2D eigenvalue weighted by Crippen LogP contribution is 2.32. The molecule has 0 spiro atoms. The number of rotatable bonds is 5. The predicted octanol–water partition coefficient (Wildman–Crippen LogP) is 3.51. The van der Waals surface area contributed by atoms with Crippen LogP contribution in [0.15, 0.2) is 18.2 Å². The zero-order valence-electron chi connectivity index (χ0n) is 15.0. The lowest BCUT2D eigenvalue weighted by Crippen LogP contribution is -2.34. The van der Waals surface area contributed by atoms with Crippen molar-refractivity contribution in [2.75, 3.05) is 4.72 Å². The first-order valence-corrected chi connectivity index (χ1v) is 11.7. The van der Waals surface area contributed by atoms with Crippen molar-refractivity contribution in [2.45, 2.75) is 23.4 Å². The molecule has 192 valence electrons. The van der Waals surface area contributed by atoms with Crippen molar-refractivity contribution < 1.29 is 73.2 Å². The van der Waals surface area contributed by atoms with Crippen molar-refractivity contribution in [1.29, 1.82) is 0 Å². The highest BCUT2D eigenvalue weighted by molar-refractivity contribution is 8.00. The summed E-state index contributed by atoms with van der Waals surface area (Å²) in [6.45, 7) is 1.22. The molecule has 0 amide bonds. The molecule has 22 heteroatoms. The van der Waals surface area contributed by atoms with E-state index in [0.29, 0.717) is 0 Å². The number of Topliss-reactive ketones (excluding diaryl/α,β-unsaturated/α-hetero) is 1. The standard InChI is InChI=1S/C9H7ClF3NO3S.C2F6O5S2/c1-5(15)7-3-2-6(4-8(7)10)14-18(16,17)9(11,12)13;3-1(4,5)14(9,10)13-15(11,12)2(6,7)8/h2-4,14H,1H3;. The smallest absolute Gasteiger partial charge is 0.294 e. The van der Waals surface area contributed by atoms with Gasteiger partial charge in [-0.3, -0.25) is 9.52 Å². The number of hydrogen-bond acceptors (Lipinski definition) is 8. The van der Waals surface area contributed by atoms with E-state index in [4.69, 9.17) is 11.6 Å². The highest BCUT2D eigenvalue weighted by Gasteiger charge is 2.57. The number of benzene rings is 1. The maximum absolute atomic E-state index is 12.1. The fourth-order valence-electron chi connectivity index (χ4n) is 1.27. The van der Waals surface area contributed by atoms with Gasteiger partial charge in [-0.1, -0.05) is 11.6 Å². The van der Waals surface area contributed by atoms with E-state index >= 15 is 0 Å². The fraction of sp³-hybridized carbons (Fsp3) is 0.364. The van der Waals surface area contributed by atoms with E-state index < -0.39 is 46.8 Å². The zero-order valence-corrected chi connectivity index (χ0v) is 18.2.